The first-order valence-electron chi connectivity index (χ1n) is 10.5. The summed E-state index contributed by atoms with van der Waals surface area (Å²) in [6.45, 7) is 6.20. The zero-order chi connectivity index (χ0) is 23.9. The van der Waals surface area contributed by atoms with Crippen molar-refractivity contribution in [1.29, 1.82) is 0 Å². The van der Waals surface area contributed by atoms with Crippen molar-refractivity contribution in [3.05, 3.63) is 12.7 Å². The summed E-state index contributed by atoms with van der Waals surface area (Å²) in [5.41, 5.74) is -0.314. The fourth-order valence-corrected chi connectivity index (χ4v) is 5.01. The Morgan fingerprint density at radius 2 is 1.91 bits per heavy atom. The number of aromatic nitrogens is 4. The molecule has 180 valence electrons. The van der Waals surface area contributed by atoms with Crippen molar-refractivity contribution in [3.63, 3.8) is 0 Å². The van der Waals surface area contributed by atoms with Crippen LogP contribution in [0.15, 0.2) is 12.7 Å². The Morgan fingerprint density at radius 1 is 1.22 bits per heavy atom. The van der Waals surface area contributed by atoms with Crippen molar-refractivity contribution >= 4 is 24.6 Å². The van der Waals surface area contributed by atoms with Crippen LogP contribution in [0.1, 0.15) is 53.2 Å². The molecule has 13 heteroatoms. The van der Waals surface area contributed by atoms with Crippen LogP contribution < -0.4 is 5.32 Å². The number of nitrogens with zero attached hydrogens (tertiary/aromatic N) is 4. The van der Waals surface area contributed by atoms with Crippen LogP contribution in [0, 0.1) is 0 Å². The zero-order valence-electron chi connectivity index (χ0n) is 18.8. The van der Waals surface area contributed by atoms with E-state index in [9.17, 15) is 24.8 Å². The summed E-state index contributed by atoms with van der Waals surface area (Å²) in [7, 11) is -2.72. The predicted octanol–water partition coefficient (Wildman–Crippen LogP) is 1.37. The molecule has 32 heavy (non-hydrogen) atoms. The SMILES string of the molecule is CCC(C)(C[C@H]1O[C@@H](n2cnc3c(NC)ncnc32)[C@H](O)[C@@H]1O)OP(=O)(O)C(C)(O)CC. The normalized spacial score (nSPS) is 29.4. The van der Waals surface area contributed by atoms with Crippen LogP contribution in [0.25, 0.3) is 11.2 Å². The van der Waals surface area contributed by atoms with E-state index < -0.39 is 43.1 Å². The van der Waals surface area contributed by atoms with Crippen molar-refractivity contribution in [3.8, 4) is 0 Å². The first-order chi connectivity index (χ1) is 14.9. The third-order valence-corrected chi connectivity index (χ3v) is 8.43. The van der Waals surface area contributed by atoms with Crippen LogP contribution >= 0.6 is 7.60 Å². The molecular weight excluding hydrogens is 441 g/mol. The fraction of sp³-hybridized carbons (Fsp3) is 0.737. The fourth-order valence-electron chi connectivity index (χ4n) is 3.62. The molecule has 2 aromatic heterocycles. The monoisotopic (exact) mass is 473 g/mol. The van der Waals surface area contributed by atoms with Gasteiger partial charge in [0.05, 0.1) is 18.0 Å². The van der Waals surface area contributed by atoms with E-state index >= 15 is 0 Å². The van der Waals surface area contributed by atoms with Gasteiger partial charge in [0.25, 0.3) is 0 Å². The van der Waals surface area contributed by atoms with Gasteiger partial charge in [-0.3, -0.25) is 9.13 Å². The minimum Gasteiger partial charge on any atom is -0.388 e. The topological polar surface area (TPSA) is 172 Å². The van der Waals surface area contributed by atoms with Crippen LogP contribution in [-0.4, -0.2) is 76.0 Å². The molecule has 3 heterocycles. The molecule has 0 spiro atoms. The first kappa shape index (κ1) is 25.0. The molecule has 12 nitrogen and oxygen atoms in total. The number of rotatable bonds is 9. The van der Waals surface area contributed by atoms with Crippen molar-refractivity contribution in [1.82, 2.24) is 19.5 Å². The Bertz CT molecular complexity index is 1000. The number of nitrogens with one attached hydrogen (secondary N) is 1. The highest BCUT2D eigenvalue weighted by atomic mass is 31.2. The van der Waals surface area contributed by atoms with Crippen LogP contribution in [0.3, 0.4) is 0 Å². The Morgan fingerprint density at radius 3 is 2.50 bits per heavy atom. The standard InChI is InChI=1S/C19H32N5O7P/c1-6-18(3,31-32(28,29)19(4,27)7-2)8-11-13(25)14(26)17(30-11)24-10-23-12-15(20-5)21-9-22-16(12)24/h9-11,13-14,17,25-27H,6-8H2,1-5H3,(H,28,29)(H,20,21,22)/t11-,13-,14-,17-,18?,19?/m1/s1. The summed E-state index contributed by atoms with van der Waals surface area (Å²) in [4.78, 5) is 22.9. The van der Waals surface area contributed by atoms with Gasteiger partial charge in [0.2, 0.25) is 0 Å². The number of aliphatic hydroxyl groups excluding tert-OH is 2. The van der Waals surface area contributed by atoms with Gasteiger partial charge in [-0.15, -0.1) is 0 Å². The minimum absolute atomic E-state index is 0.00590. The molecule has 1 saturated heterocycles. The molecule has 5 N–H and O–H groups in total. The average Bonchev–Trinajstić information content (AvgIpc) is 3.29. The lowest BCUT2D eigenvalue weighted by Crippen LogP contribution is -2.40. The molecule has 3 unspecified atom stereocenters. The van der Waals surface area contributed by atoms with Gasteiger partial charge in [0.15, 0.2) is 23.0 Å². The molecule has 0 radical (unpaired) electrons. The molecule has 0 amide bonds. The molecule has 0 saturated carbocycles. The highest BCUT2D eigenvalue weighted by Crippen LogP contribution is 2.59. The van der Waals surface area contributed by atoms with E-state index in [0.29, 0.717) is 23.4 Å². The lowest BCUT2D eigenvalue weighted by Gasteiger charge is -2.37. The first-order valence-corrected chi connectivity index (χ1v) is 12.1. The quantitative estimate of drug-likeness (QED) is 0.333. The Labute approximate surface area is 186 Å². The highest BCUT2D eigenvalue weighted by Gasteiger charge is 2.50. The molecule has 2 aromatic rings. The van der Waals surface area contributed by atoms with Gasteiger partial charge in [0.1, 0.15) is 24.1 Å². The van der Waals surface area contributed by atoms with E-state index in [-0.39, 0.29) is 12.8 Å². The summed E-state index contributed by atoms with van der Waals surface area (Å²) in [6, 6.07) is 0. The van der Waals surface area contributed by atoms with E-state index in [1.807, 2.05) is 0 Å². The van der Waals surface area contributed by atoms with Gasteiger partial charge < -0.3 is 34.8 Å². The Balaban J connectivity index is 1.84. The maximum Gasteiger partial charge on any atom is 0.359 e. The van der Waals surface area contributed by atoms with E-state index in [0.717, 1.165) is 0 Å². The number of ether oxygens (including phenoxy) is 1. The van der Waals surface area contributed by atoms with Crippen LogP contribution in [0.2, 0.25) is 0 Å². The molecule has 1 aliphatic heterocycles. The summed E-state index contributed by atoms with van der Waals surface area (Å²) < 4.78 is 25.7. The van der Waals surface area contributed by atoms with Gasteiger partial charge >= 0.3 is 7.60 Å². The smallest absolute Gasteiger partial charge is 0.359 e. The largest absolute Gasteiger partial charge is 0.388 e. The van der Waals surface area contributed by atoms with Gasteiger partial charge in [-0.1, -0.05) is 13.8 Å². The van der Waals surface area contributed by atoms with Gasteiger partial charge in [-0.2, -0.15) is 0 Å². The average molecular weight is 473 g/mol. The molecule has 0 aliphatic carbocycles. The van der Waals surface area contributed by atoms with Gasteiger partial charge in [0, 0.05) is 13.5 Å². The molecule has 0 aromatic carbocycles. The van der Waals surface area contributed by atoms with Crippen molar-refractivity contribution in [2.75, 3.05) is 12.4 Å². The molecule has 3 rings (SSSR count). The molecule has 7 atom stereocenters. The lowest BCUT2D eigenvalue weighted by molar-refractivity contribution is -0.0689. The number of imidazole rings is 1. The summed E-state index contributed by atoms with van der Waals surface area (Å²) in [6.07, 6.45) is -1.36. The summed E-state index contributed by atoms with van der Waals surface area (Å²) in [5.74, 6) is 0.506. The molecular formula is C19H32N5O7P. The van der Waals surface area contributed by atoms with Gasteiger partial charge in [-0.25, -0.2) is 15.0 Å². The van der Waals surface area contributed by atoms with Crippen LogP contribution in [-0.2, 0) is 13.8 Å². The molecule has 0 bridgehead atoms. The second-order valence-corrected chi connectivity index (χ2v) is 10.7. The van der Waals surface area contributed by atoms with Crippen molar-refractivity contribution in [2.45, 2.75) is 82.4 Å². The van der Waals surface area contributed by atoms with Crippen LogP contribution in [0.5, 0.6) is 0 Å². The van der Waals surface area contributed by atoms with Crippen molar-refractivity contribution < 1.29 is 34.0 Å². The highest BCUT2D eigenvalue weighted by molar-refractivity contribution is 7.54. The van der Waals surface area contributed by atoms with Gasteiger partial charge in [-0.05, 0) is 26.7 Å². The zero-order valence-corrected chi connectivity index (χ0v) is 19.7. The predicted molar refractivity (Wildman–Crippen MR) is 116 cm³/mol. The van der Waals surface area contributed by atoms with E-state index in [1.54, 1.807) is 27.8 Å². The number of anilines is 1. The number of aliphatic hydroxyl groups is 3. The third-order valence-electron chi connectivity index (χ3n) is 6.21. The lowest BCUT2D eigenvalue weighted by atomic mass is 9.93. The number of hydrogen-bond acceptors (Lipinski definition) is 10. The van der Waals surface area contributed by atoms with E-state index in [2.05, 4.69) is 20.3 Å². The maximum absolute atomic E-state index is 12.7. The minimum atomic E-state index is -4.41. The Hall–Kier alpha value is -1.66. The number of fused-ring (bicyclic) bond motifs is 1. The molecule has 1 fully saturated rings. The Kier molecular flexibility index (Phi) is 6.98. The van der Waals surface area contributed by atoms with Crippen LogP contribution in [0.4, 0.5) is 5.82 Å². The third kappa shape index (κ3) is 4.41. The van der Waals surface area contributed by atoms with E-state index in [4.69, 9.17) is 9.26 Å². The van der Waals surface area contributed by atoms with Crippen molar-refractivity contribution in [2.24, 2.45) is 0 Å². The second-order valence-electron chi connectivity index (χ2n) is 8.53. The summed E-state index contributed by atoms with van der Waals surface area (Å²) >= 11 is 0. The maximum atomic E-state index is 12.7. The summed E-state index contributed by atoms with van der Waals surface area (Å²) in [5, 5.41) is 32.6. The molecule has 1 aliphatic rings. The number of hydrogen-bond donors (Lipinski definition) is 5. The second kappa shape index (κ2) is 8.94. The van der Waals surface area contributed by atoms with E-state index in [1.165, 1.54) is 24.1 Å².